The van der Waals surface area contributed by atoms with Crippen LogP contribution in [0.1, 0.15) is 49.9 Å². The van der Waals surface area contributed by atoms with Gasteiger partial charge >= 0.3 is 5.97 Å². The SMILES string of the molecule is CCCCOC(=O)c1cc(-c2ccc(F)c(Cl)c2)ccc1OCCCC. The fraction of sp³-hybridized carbons (Fsp3) is 0.381. The molecule has 0 saturated heterocycles. The maximum atomic E-state index is 13.4. The smallest absolute Gasteiger partial charge is 0.341 e. The zero-order valence-corrected chi connectivity index (χ0v) is 15.9. The molecular formula is C21H24ClFO3. The van der Waals surface area contributed by atoms with Crippen LogP contribution in [0.4, 0.5) is 4.39 Å². The minimum Gasteiger partial charge on any atom is -0.493 e. The highest BCUT2D eigenvalue weighted by molar-refractivity contribution is 6.31. The van der Waals surface area contributed by atoms with Gasteiger partial charge in [-0.05, 0) is 48.2 Å². The van der Waals surface area contributed by atoms with Crippen molar-refractivity contribution in [1.82, 2.24) is 0 Å². The van der Waals surface area contributed by atoms with Crippen molar-refractivity contribution in [2.75, 3.05) is 13.2 Å². The number of carbonyl (C=O) groups excluding carboxylic acids is 1. The zero-order valence-electron chi connectivity index (χ0n) is 15.2. The molecule has 2 rings (SSSR count). The van der Waals surface area contributed by atoms with Gasteiger partial charge in [-0.1, -0.05) is 50.4 Å². The van der Waals surface area contributed by atoms with Crippen LogP contribution in [0.3, 0.4) is 0 Å². The summed E-state index contributed by atoms with van der Waals surface area (Å²) < 4.78 is 24.5. The van der Waals surface area contributed by atoms with E-state index in [4.69, 9.17) is 21.1 Å². The monoisotopic (exact) mass is 378 g/mol. The summed E-state index contributed by atoms with van der Waals surface area (Å²) in [6.45, 7) is 5.01. The van der Waals surface area contributed by atoms with Gasteiger partial charge in [0.25, 0.3) is 0 Å². The second-order valence-corrected chi connectivity index (χ2v) is 6.44. The Kier molecular flexibility index (Phi) is 7.92. The lowest BCUT2D eigenvalue weighted by atomic mass is 10.0. The first-order valence-electron chi connectivity index (χ1n) is 8.96. The third kappa shape index (κ3) is 5.46. The van der Waals surface area contributed by atoms with Crippen LogP contribution >= 0.6 is 11.6 Å². The third-order valence-electron chi connectivity index (χ3n) is 3.94. The lowest BCUT2D eigenvalue weighted by Gasteiger charge is -2.13. The number of unbranched alkanes of at least 4 members (excludes halogenated alkanes) is 2. The molecule has 0 unspecified atom stereocenters. The van der Waals surface area contributed by atoms with Crippen LogP contribution < -0.4 is 4.74 Å². The Hall–Kier alpha value is -2.07. The molecule has 0 saturated carbocycles. The second kappa shape index (κ2) is 10.2. The van der Waals surface area contributed by atoms with Crippen LogP contribution in [0.2, 0.25) is 5.02 Å². The lowest BCUT2D eigenvalue weighted by molar-refractivity contribution is 0.0495. The Morgan fingerprint density at radius 1 is 1.00 bits per heavy atom. The van der Waals surface area contributed by atoms with Crippen molar-refractivity contribution in [1.29, 1.82) is 0 Å². The van der Waals surface area contributed by atoms with Crippen LogP contribution in [-0.2, 0) is 4.74 Å². The minimum absolute atomic E-state index is 0.0397. The fourth-order valence-corrected chi connectivity index (χ4v) is 2.56. The van der Waals surface area contributed by atoms with Crippen molar-refractivity contribution < 1.29 is 18.7 Å². The van der Waals surface area contributed by atoms with Crippen LogP contribution in [0.5, 0.6) is 5.75 Å². The molecular weight excluding hydrogens is 355 g/mol. The van der Waals surface area contributed by atoms with E-state index in [0.717, 1.165) is 36.8 Å². The summed E-state index contributed by atoms with van der Waals surface area (Å²) in [5.74, 6) is -0.397. The van der Waals surface area contributed by atoms with Crippen LogP contribution in [0, 0.1) is 5.82 Å². The number of carbonyl (C=O) groups is 1. The van der Waals surface area contributed by atoms with Crippen LogP contribution in [-0.4, -0.2) is 19.2 Å². The Balaban J connectivity index is 2.32. The number of hydrogen-bond acceptors (Lipinski definition) is 3. The summed E-state index contributed by atoms with van der Waals surface area (Å²) in [7, 11) is 0. The highest BCUT2D eigenvalue weighted by Crippen LogP contribution is 2.30. The number of halogens is 2. The molecule has 0 radical (unpaired) electrons. The quantitative estimate of drug-likeness (QED) is 0.380. The van der Waals surface area contributed by atoms with E-state index in [0.29, 0.717) is 24.5 Å². The number of ether oxygens (including phenoxy) is 2. The Bertz CT molecular complexity index is 746. The molecule has 0 aliphatic rings. The van der Waals surface area contributed by atoms with Crippen molar-refractivity contribution in [3.05, 3.63) is 52.8 Å². The summed E-state index contributed by atoms with van der Waals surface area (Å²) in [4.78, 5) is 12.5. The van der Waals surface area contributed by atoms with Crippen molar-refractivity contribution in [2.24, 2.45) is 0 Å². The first-order valence-corrected chi connectivity index (χ1v) is 9.34. The minimum atomic E-state index is -0.478. The number of esters is 1. The normalized spacial score (nSPS) is 10.6. The second-order valence-electron chi connectivity index (χ2n) is 6.03. The van der Waals surface area contributed by atoms with Gasteiger partial charge < -0.3 is 9.47 Å². The first kappa shape index (κ1) is 20.2. The standard InChI is InChI=1S/C21H24ClFO3/c1-3-5-11-25-20-10-8-15(16-7-9-19(23)18(22)14-16)13-17(20)21(24)26-12-6-4-2/h7-10,13-14H,3-6,11-12H2,1-2H3. The average molecular weight is 379 g/mol. The van der Waals surface area contributed by atoms with Crippen molar-refractivity contribution in [2.45, 2.75) is 39.5 Å². The van der Waals surface area contributed by atoms with E-state index >= 15 is 0 Å². The summed E-state index contributed by atoms with van der Waals surface area (Å²) in [6.07, 6.45) is 3.66. The molecule has 140 valence electrons. The molecule has 5 heteroatoms. The highest BCUT2D eigenvalue weighted by atomic mass is 35.5. The summed E-state index contributed by atoms with van der Waals surface area (Å²) in [5.41, 5.74) is 1.84. The van der Waals surface area contributed by atoms with E-state index in [-0.39, 0.29) is 5.02 Å². The van der Waals surface area contributed by atoms with E-state index in [1.54, 1.807) is 18.2 Å². The third-order valence-corrected chi connectivity index (χ3v) is 4.23. The molecule has 0 aliphatic heterocycles. The maximum Gasteiger partial charge on any atom is 0.341 e. The van der Waals surface area contributed by atoms with E-state index < -0.39 is 11.8 Å². The number of hydrogen-bond donors (Lipinski definition) is 0. The molecule has 2 aromatic rings. The molecule has 2 aromatic carbocycles. The molecule has 0 N–H and O–H groups in total. The van der Waals surface area contributed by atoms with Crippen LogP contribution in [0.25, 0.3) is 11.1 Å². The molecule has 0 aromatic heterocycles. The van der Waals surface area contributed by atoms with Crippen molar-refractivity contribution in [3.63, 3.8) is 0 Å². The molecule has 0 atom stereocenters. The first-order chi connectivity index (χ1) is 12.6. The van der Waals surface area contributed by atoms with E-state index in [1.165, 1.54) is 12.1 Å². The molecule has 0 aliphatic carbocycles. The topological polar surface area (TPSA) is 35.5 Å². The van der Waals surface area contributed by atoms with Crippen LogP contribution in [0.15, 0.2) is 36.4 Å². The Morgan fingerprint density at radius 2 is 1.65 bits per heavy atom. The molecule has 0 bridgehead atoms. The largest absolute Gasteiger partial charge is 0.493 e. The van der Waals surface area contributed by atoms with Gasteiger partial charge in [0, 0.05) is 0 Å². The molecule has 26 heavy (non-hydrogen) atoms. The van der Waals surface area contributed by atoms with Crippen molar-refractivity contribution >= 4 is 17.6 Å². The lowest BCUT2D eigenvalue weighted by Crippen LogP contribution is -2.10. The summed E-state index contributed by atoms with van der Waals surface area (Å²) >= 11 is 5.87. The maximum absolute atomic E-state index is 13.4. The van der Waals surface area contributed by atoms with Crippen molar-refractivity contribution in [3.8, 4) is 16.9 Å². The fourth-order valence-electron chi connectivity index (χ4n) is 2.38. The molecule has 0 spiro atoms. The van der Waals surface area contributed by atoms with Gasteiger partial charge in [-0.2, -0.15) is 0 Å². The molecule has 3 nitrogen and oxygen atoms in total. The van der Waals surface area contributed by atoms with E-state index in [1.807, 2.05) is 13.0 Å². The molecule has 0 heterocycles. The average Bonchev–Trinajstić information content (AvgIpc) is 2.64. The zero-order chi connectivity index (χ0) is 18.9. The number of benzene rings is 2. The van der Waals surface area contributed by atoms with Gasteiger partial charge in [-0.3, -0.25) is 0 Å². The highest BCUT2D eigenvalue weighted by Gasteiger charge is 2.16. The Labute approximate surface area is 159 Å². The number of rotatable bonds is 9. The van der Waals surface area contributed by atoms with Gasteiger partial charge in [0.1, 0.15) is 17.1 Å². The van der Waals surface area contributed by atoms with Gasteiger partial charge in [0.15, 0.2) is 0 Å². The van der Waals surface area contributed by atoms with Gasteiger partial charge in [-0.15, -0.1) is 0 Å². The molecule has 0 amide bonds. The van der Waals surface area contributed by atoms with E-state index in [2.05, 4.69) is 6.92 Å². The summed E-state index contributed by atoms with van der Waals surface area (Å²) in [5, 5.41) is 0.0397. The van der Waals surface area contributed by atoms with Gasteiger partial charge in [0.2, 0.25) is 0 Å². The molecule has 0 fully saturated rings. The van der Waals surface area contributed by atoms with E-state index in [9.17, 15) is 9.18 Å². The Morgan fingerprint density at radius 3 is 2.35 bits per heavy atom. The predicted octanol–water partition coefficient (Wildman–Crippen LogP) is 6.28. The summed E-state index contributed by atoms with van der Waals surface area (Å²) in [6, 6.07) is 9.75. The van der Waals surface area contributed by atoms with Gasteiger partial charge in [-0.25, -0.2) is 9.18 Å². The predicted molar refractivity (Wildman–Crippen MR) is 102 cm³/mol. The van der Waals surface area contributed by atoms with Gasteiger partial charge in [0.05, 0.1) is 18.2 Å².